The molecule has 1 amide bonds. The molecule has 1 N–H and O–H groups in total. The monoisotopic (exact) mass is 442 g/mol. The number of aromatic nitrogens is 2. The second-order valence-corrected chi connectivity index (χ2v) is 8.56. The summed E-state index contributed by atoms with van der Waals surface area (Å²) in [6.45, 7) is 6.72. The van der Waals surface area contributed by atoms with E-state index in [4.69, 9.17) is 4.74 Å². The summed E-state index contributed by atoms with van der Waals surface area (Å²) in [5.74, 6) is 0.263. The number of nitriles is 1. The van der Waals surface area contributed by atoms with Crippen LogP contribution in [-0.2, 0) is 16.1 Å². The lowest BCUT2D eigenvalue weighted by Crippen LogP contribution is -2.53. The first kappa shape index (κ1) is 21.2. The molecule has 0 spiro atoms. The maximum absolute atomic E-state index is 12.5. The Labute approximate surface area is 192 Å². The number of carbonyl (C=O) groups excluding carboxylic acids is 1. The van der Waals surface area contributed by atoms with Crippen molar-refractivity contribution in [1.82, 2.24) is 15.1 Å². The van der Waals surface area contributed by atoms with E-state index < -0.39 is 0 Å². The zero-order valence-corrected chi connectivity index (χ0v) is 18.6. The van der Waals surface area contributed by atoms with Crippen molar-refractivity contribution in [2.24, 2.45) is 5.92 Å². The Morgan fingerprint density at radius 2 is 2.03 bits per heavy atom. The Balaban J connectivity index is 1.31. The number of ether oxygens (including phenoxy) is 1. The van der Waals surface area contributed by atoms with Crippen LogP contribution in [0.15, 0.2) is 42.6 Å². The topological polar surface area (TPSA) is 94.4 Å². The van der Waals surface area contributed by atoms with Gasteiger partial charge in [-0.15, -0.1) is 0 Å². The lowest BCUT2D eigenvalue weighted by molar-refractivity contribution is -0.150. The fourth-order valence-corrected chi connectivity index (χ4v) is 4.39. The van der Waals surface area contributed by atoms with Crippen LogP contribution in [0.2, 0.25) is 0 Å². The standard InChI is InChI=1S/C25H26N6O2/c1-17-18(12-26)3-2-4-19(17)13-27-24-14-28-29-23-6-5-21(11-22(23)24)30-7-9-31(10-8-30)25(32)20-15-33-16-20/h2-6,11,14,20H,7-10,13,15-16H2,1H3,(H,27,29). The van der Waals surface area contributed by atoms with Crippen LogP contribution in [0.1, 0.15) is 16.7 Å². The van der Waals surface area contributed by atoms with Gasteiger partial charge in [0, 0.05) is 43.8 Å². The number of hydrogen-bond acceptors (Lipinski definition) is 7. The number of rotatable bonds is 5. The van der Waals surface area contributed by atoms with Crippen LogP contribution in [0.4, 0.5) is 11.4 Å². The smallest absolute Gasteiger partial charge is 0.230 e. The van der Waals surface area contributed by atoms with E-state index in [9.17, 15) is 10.1 Å². The van der Waals surface area contributed by atoms with Gasteiger partial charge < -0.3 is 19.9 Å². The number of fused-ring (bicyclic) bond motifs is 1. The minimum atomic E-state index is 0.0434. The van der Waals surface area contributed by atoms with E-state index in [1.165, 1.54) is 0 Å². The molecule has 33 heavy (non-hydrogen) atoms. The molecule has 2 aliphatic heterocycles. The summed E-state index contributed by atoms with van der Waals surface area (Å²) in [7, 11) is 0. The van der Waals surface area contributed by atoms with Gasteiger partial charge in [-0.2, -0.15) is 15.5 Å². The zero-order valence-electron chi connectivity index (χ0n) is 18.6. The largest absolute Gasteiger partial charge is 0.380 e. The van der Waals surface area contributed by atoms with Crippen LogP contribution in [0.5, 0.6) is 0 Å². The third-order valence-corrected chi connectivity index (χ3v) is 6.60. The van der Waals surface area contributed by atoms with Crippen molar-refractivity contribution >= 4 is 28.2 Å². The van der Waals surface area contributed by atoms with Crippen molar-refractivity contribution in [3.63, 3.8) is 0 Å². The Hall–Kier alpha value is -3.70. The third kappa shape index (κ3) is 4.20. The first-order chi connectivity index (χ1) is 16.1. The van der Waals surface area contributed by atoms with Crippen LogP contribution >= 0.6 is 0 Å². The Morgan fingerprint density at radius 3 is 2.76 bits per heavy atom. The van der Waals surface area contributed by atoms with E-state index in [0.29, 0.717) is 25.3 Å². The minimum absolute atomic E-state index is 0.0434. The molecular formula is C25H26N6O2. The first-order valence-corrected chi connectivity index (χ1v) is 11.2. The molecule has 0 radical (unpaired) electrons. The van der Waals surface area contributed by atoms with Crippen molar-refractivity contribution < 1.29 is 9.53 Å². The molecule has 2 aliphatic rings. The third-order valence-electron chi connectivity index (χ3n) is 6.60. The number of anilines is 2. The molecule has 2 fully saturated rings. The summed E-state index contributed by atoms with van der Waals surface area (Å²) in [4.78, 5) is 16.8. The van der Waals surface area contributed by atoms with Crippen LogP contribution in [0.25, 0.3) is 10.9 Å². The van der Waals surface area contributed by atoms with Gasteiger partial charge in [0.15, 0.2) is 0 Å². The highest BCUT2D eigenvalue weighted by Gasteiger charge is 2.32. The summed E-state index contributed by atoms with van der Waals surface area (Å²) < 4.78 is 5.17. The first-order valence-electron chi connectivity index (χ1n) is 11.2. The van der Waals surface area contributed by atoms with Crippen LogP contribution in [0, 0.1) is 24.2 Å². The summed E-state index contributed by atoms with van der Waals surface area (Å²) in [6, 6.07) is 14.2. The van der Waals surface area contributed by atoms with Gasteiger partial charge in [-0.25, -0.2) is 0 Å². The quantitative estimate of drug-likeness (QED) is 0.649. The van der Waals surface area contributed by atoms with Crippen molar-refractivity contribution in [2.75, 3.05) is 49.6 Å². The van der Waals surface area contributed by atoms with Gasteiger partial charge in [0.05, 0.1) is 48.2 Å². The highest BCUT2D eigenvalue weighted by molar-refractivity contribution is 5.93. The Bertz CT molecular complexity index is 1230. The maximum Gasteiger partial charge on any atom is 0.230 e. The van der Waals surface area contributed by atoms with Crippen LogP contribution in [-0.4, -0.2) is 60.4 Å². The molecule has 0 aliphatic carbocycles. The molecule has 0 unspecified atom stereocenters. The number of hydrogen-bond donors (Lipinski definition) is 1. The highest BCUT2D eigenvalue weighted by Crippen LogP contribution is 2.28. The van der Waals surface area contributed by atoms with Crippen molar-refractivity contribution in [3.8, 4) is 6.07 Å². The van der Waals surface area contributed by atoms with Crippen LogP contribution < -0.4 is 10.2 Å². The van der Waals surface area contributed by atoms with Gasteiger partial charge in [0.2, 0.25) is 5.91 Å². The van der Waals surface area contributed by atoms with E-state index in [-0.39, 0.29) is 11.8 Å². The molecule has 0 saturated carbocycles. The van der Waals surface area contributed by atoms with Crippen LogP contribution in [0.3, 0.4) is 0 Å². The SMILES string of the molecule is Cc1c(C#N)cccc1CNc1cnnc2ccc(N3CCN(C(=O)C4COC4)CC3)cc12. The molecule has 2 aromatic carbocycles. The number of nitrogens with one attached hydrogen (secondary N) is 1. The van der Waals surface area contributed by atoms with Crippen molar-refractivity contribution in [2.45, 2.75) is 13.5 Å². The van der Waals surface area contributed by atoms with Gasteiger partial charge in [-0.05, 0) is 42.3 Å². The molecule has 5 rings (SSSR count). The average molecular weight is 443 g/mol. The molecule has 168 valence electrons. The number of benzene rings is 2. The molecule has 0 bridgehead atoms. The maximum atomic E-state index is 12.5. The van der Waals surface area contributed by atoms with E-state index in [1.807, 2.05) is 36.1 Å². The summed E-state index contributed by atoms with van der Waals surface area (Å²) in [5.41, 5.74) is 5.60. The van der Waals surface area contributed by atoms with Gasteiger partial charge in [-0.1, -0.05) is 12.1 Å². The second kappa shape index (κ2) is 9.04. The van der Waals surface area contributed by atoms with Crippen molar-refractivity contribution in [1.29, 1.82) is 5.26 Å². The molecule has 8 nitrogen and oxygen atoms in total. The number of nitrogens with zero attached hydrogens (tertiary/aromatic N) is 5. The van der Waals surface area contributed by atoms with E-state index in [2.05, 4.69) is 38.6 Å². The van der Waals surface area contributed by atoms with E-state index in [0.717, 1.165) is 59.6 Å². The number of piperazine rings is 1. The molecule has 3 aromatic rings. The summed E-state index contributed by atoms with van der Waals surface area (Å²) >= 11 is 0. The molecular weight excluding hydrogens is 416 g/mol. The molecule has 0 atom stereocenters. The van der Waals surface area contributed by atoms with Gasteiger partial charge in [-0.3, -0.25) is 4.79 Å². The zero-order chi connectivity index (χ0) is 22.8. The molecule has 8 heteroatoms. The molecule has 1 aromatic heterocycles. The second-order valence-electron chi connectivity index (χ2n) is 8.56. The summed E-state index contributed by atoms with van der Waals surface area (Å²) in [6.07, 6.45) is 1.74. The van der Waals surface area contributed by atoms with Gasteiger partial charge in [0.25, 0.3) is 0 Å². The van der Waals surface area contributed by atoms with Gasteiger partial charge >= 0.3 is 0 Å². The highest BCUT2D eigenvalue weighted by atomic mass is 16.5. The Morgan fingerprint density at radius 1 is 1.21 bits per heavy atom. The van der Waals surface area contributed by atoms with Crippen molar-refractivity contribution in [3.05, 3.63) is 59.3 Å². The Kier molecular flexibility index (Phi) is 5.80. The average Bonchev–Trinajstić information content (AvgIpc) is 2.82. The normalized spacial score (nSPS) is 16.4. The summed E-state index contributed by atoms with van der Waals surface area (Å²) in [5, 5.41) is 22.2. The van der Waals surface area contributed by atoms with E-state index in [1.54, 1.807) is 6.20 Å². The van der Waals surface area contributed by atoms with Gasteiger partial charge in [0.1, 0.15) is 0 Å². The molecule has 3 heterocycles. The van der Waals surface area contributed by atoms with E-state index >= 15 is 0 Å². The number of carbonyl (C=O) groups is 1. The predicted octanol–water partition coefficient (Wildman–Crippen LogP) is 2.72. The minimum Gasteiger partial charge on any atom is -0.380 e. The fourth-order valence-electron chi connectivity index (χ4n) is 4.39. The predicted molar refractivity (Wildman–Crippen MR) is 126 cm³/mol. The fraction of sp³-hybridized carbons (Fsp3) is 0.360. The lowest BCUT2D eigenvalue weighted by Gasteiger charge is -2.39. The number of amides is 1. The molecule has 2 saturated heterocycles. The lowest BCUT2D eigenvalue weighted by atomic mass is 10.0.